The van der Waals surface area contributed by atoms with E-state index in [-0.39, 0.29) is 17.2 Å². The molecule has 2 aromatic rings. The normalized spacial score (nSPS) is 27.8. The largest absolute Gasteiger partial charge is 0.508 e. The fourth-order valence-corrected chi connectivity index (χ4v) is 7.03. The number of nitrogens with two attached hydrogens (primary N) is 1. The minimum absolute atomic E-state index is 0.0494. The number of hydrogen-bond acceptors (Lipinski definition) is 9. The average molecular weight is 683 g/mol. The van der Waals surface area contributed by atoms with Crippen LogP contribution in [-0.4, -0.2) is 79.7 Å². The number of rotatable bonds is 4. The number of carbonyl (C=O) groups excluding carboxylic acids is 3. The number of aliphatic hydroxyl groups is 4. The number of ketones is 2. The zero-order chi connectivity index (χ0) is 36.0. The Morgan fingerprint density at radius 1 is 0.958 bits per heavy atom. The first-order valence-corrected chi connectivity index (χ1v) is 14.2. The maximum Gasteiger partial charge on any atom is 0.416 e. The SMILES string of the molecule is C[C@H]1c2ccc(/C=C/c3cc(C(F)(F)F)cc(C(F)(F)F)c3)c(O)c2C(O)=C2C(=O)[C@]3(O)C(O)=C(C(N)=O)C(=O)[C@@H](N(C)C)[C@@H]3C(O)[C@@H]21. The molecule has 0 spiro atoms. The summed E-state index contributed by atoms with van der Waals surface area (Å²) in [6, 6.07) is 1.91. The molecule has 0 radical (unpaired) electrons. The average Bonchev–Trinajstić information content (AvgIpc) is 2.97. The summed E-state index contributed by atoms with van der Waals surface area (Å²) in [6.45, 7) is 1.49. The van der Waals surface area contributed by atoms with E-state index in [9.17, 15) is 66.3 Å². The number of alkyl halides is 6. The minimum atomic E-state index is -5.11. The summed E-state index contributed by atoms with van der Waals surface area (Å²) in [4.78, 5) is 40.7. The van der Waals surface area contributed by atoms with Crippen LogP contribution in [-0.2, 0) is 26.7 Å². The molecule has 2 aromatic carbocycles. The van der Waals surface area contributed by atoms with Crippen LogP contribution in [0.1, 0.15) is 46.2 Å². The molecule has 0 heterocycles. The van der Waals surface area contributed by atoms with E-state index in [0.29, 0.717) is 12.1 Å². The molecule has 10 nitrogen and oxygen atoms in total. The van der Waals surface area contributed by atoms with Gasteiger partial charge in [0.2, 0.25) is 5.78 Å². The van der Waals surface area contributed by atoms with E-state index in [2.05, 4.69) is 0 Å². The summed E-state index contributed by atoms with van der Waals surface area (Å²) in [6.07, 6.45) is -10.2. The van der Waals surface area contributed by atoms with Gasteiger partial charge in [-0.3, -0.25) is 19.3 Å². The standard InChI is InChI=1S/C32H28F6N2O8/c1-11-16-7-6-13(5-4-12-8-14(31(33,34)35)10-15(9-12)32(36,37)38)23(41)18(16)24(42)19-17(11)25(43)21-22(40(2)3)26(44)20(29(39)47)28(46)30(21,48)27(19)45/h4-11,17,21-22,25,41-43,46,48H,1-3H3,(H2,39,47)/b5-4+/t11-,17+,21+,22-,25?,30-/m0/s1. The predicted octanol–water partition coefficient (Wildman–Crippen LogP) is 3.70. The fourth-order valence-electron chi connectivity index (χ4n) is 7.03. The number of likely N-dealkylation sites (N-methyl/N-ethyl adjacent to an activating group) is 1. The van der Waals surface area contributed by atoms with Crippen molar-refractivity contribution >= 4 is 35.4 Å². The van der Waals surface area contributed by atoms with Gasteiger partial charge in [-0.1, -0.05) is 31.2 Å². The Bertz CT molecular complexity index is 1830. The van der Waals surface area contributed by atoms with Crippen molar-refractivity contribution in [3.8, 4) is 5.75 Å². The van der Waals surface area contributed by atoms with Gasteiger partial charge in [-0.05, 0) is 49.3 Å². The Balaban J connectivity index is 1.67. The second-order valence-electron chi connectivity index (χ2n) is 12.2. The smallest absolute Gasteiger partial charge is 0.416 e. The number of fused-ring (bicyclic) bond motifs is 3. The highest BCUT2D eigenvalue weighted by Crippen LogP contribution is 2.56. The lowest BCUT2D eigenvalue weighted by Crippen LogP contribution is -2.70. The van der Waals surface area contributed by atoms with E-state index in [1.807, 2.05) is 0 Å². The van der Waals surface area contributed by atoms with Crippen LogP contribution < -0.4 is 5.73 Å². The summed E-state index contributed by atoms with van der Waals surface area (Å²) < 4.78 is 80.0. The number of phenolic OH excluding ortho intramolecular Hbond substituents is 1. The zero-order valence-electron chi connectivity index (χ0n) is 25.2. The Hall–Kier alpha value is -4.67. The molecule has 3 aliphatic carbocycles. The molecule has 0 aromatic heterocycles. The molecule has 6 atom stereocenters. The van der Waals surface area contributed by atoms with Crippen molar-refractivity contribution in [1.29, 1.82) is 0 Å². The lowest BCUT2D eigenvalue weighted by molar-refractivity contribution is -0.169. The van der Waals surface area contributed by atoms with E-state index in [0.717, 1.165) is 12.2 Å². The summed E-state index contributed by atoms with van der Waals surface area (Å²) in [5.41, 5.74) is -3.77. The van der Waals surface area contributed by atoms with Crippen LogP contribution in [0.2, 0.25) is 0 Å². The van der Waals surface area contributed by atoms with Crippen molar-refractivity contribution in [3.05, 3.63) is 80.6 Å². The molecule has 16 heteroatoms. The molecule has 7 N–H and O–H groups in total. The minimum Gasteiger partial charge on any atom is -0.508 e. The van der Waals surface area contributed by atoms with Crippen LogP contribution in [0.3, 0.4) is 0 Å². The Kier molecular flexibility index (Phi) is 8.09. The van der Waals surface area contributed by atoms with Crippen LogP contribution in [0.5, 0.6) is 5.75 Å². The van der Waals surface area contributed by atoms with Crippen LogP contribution in [0.15, 0.2) is 47.2 Å². The second kappa shape index (κ2) is 11.2. The number of phenols is 1. The molecular weight excluding hydrogens is 654 g/mol. The van der Waals surface area contributed by atoms with E-state index >= 15 is 0 Å². The molecule has 1 saturated carbocycles. The highest BCUT2D eigenvalue weighted by atomic mass is 19.4. The number of primary amides is 1. The molecule has 48 heavy (non-hydrogen) atoms. The number of hydrogen-bond donors (Lipinski definition) is 6. The first kappa shape index (κ1) is 34.7. The van der Waals surface area contributed by atoms with Crippen LogP contribution >= 0.6 is 0 Å². The summed E-state index contributed by atoms with van der Waals surface area (Å²) in [5, 5.41) is 57.0. The van der Waals surface area contributed by atoms with Gasteiger partial charge in [-0.25, -0.2) is 0 Å². The maximum absolute atomic E-state index is 14.1. The van der Waals surface area contributed by atoms with Crippen LogP contribution in [0.4, 0.5) is 26.3 Å². The molecule has 5 rings (SSSR count). The van der Waals surface area contributed by atoms with Crippen LogP contribution in [0.25, 0.3) is 17.9 Å². The molecule has 256 valence electrons. The van der Waals surface area contributed by atoms with Crippen molar-refractivity contribution in [1.82, 2.24) is 4.90 Å². The number of aliphatic hydroxyl groups excluding tert-OH is 3. The van der Waals surface area contributed by atoms with E-state index in [1.165, 1.54) is 38.1 Å². The van der Waals surface area contributed by atoms with Crippen LogP contribution in [0, 0.1) is 11.8 Å². The van der Waals surface area contributed by atoms with Gasteiger partial charge in [0.1, 0.15) is 22.8 Å². The monoisotopic (exact) mass is 682 g/mol. The quantitative estimate of drug-likeness (QED) is 0.159. The number of Topliss-reactive ketones (excluding diaryl/α,β-unsaturated/α-hetero) is 2. The molecule has 3 aliphatic rings. The Morgan fingerprint density at radius 3 is 2.02 bits per heavy atom. The van der Waals surface area contributed by atoms with Gasteiger partial charge in [-0.2, -0.15) is 26.3 Å². The van der Waals surface area contributed by atoms with Crippen molar-refractivity contribution in [2.24, 2.45) is 17.6 Å². The summed E-state index contributed by atoms with van der Waals surface area (Å²) in [7, 11) is 2.72. The predicted molar refractivity (Wildman–Crippen MR) is 156 cm³/mol. The molecule has 1 unspecified atom stereocenters. The summed E-state index contributed by atoms with van der Waals surface area (Å²) >= 11 is 0. The van der Waals surface area contributed by atoms with Gasteiger partial charge in [-0.15, -0.1) is 0 Å². The van der Waals surface area contributed by atoms with Gasteiger partial charge >= 0.3 is 12.4 Å². The van der Waals surface area contributed by atoms with Gasteiger partial charge in [0, 0.05) is 17.1 Å². The number of amides is 1. The molecule has 1 amide bonds. The number of benzene rings is 2. The molecule has 0 bridgehead atoms. The highest BCUT2D eigenvalue weighted by molar-refractivity contribution is 6.24. The fraction of sp³-hybridized carbons (Fsp3) is 0.344. The molecular formula is C32H28F6N2O8. The lowest BCUT2D eigenvalue weighted by Gasteiger charge is -2.53. The van der Waals surface area contributed by atoms with Crippen molar-refractivity contribution in [2.75, 3.05) is 14.1 Å². The van der Waals surface area contributed by atoms with E-state index < -0.39 is 116 Å². The van der Waals surface area contributed by atoms with Gasteiger partial charge < -0.3 is 31.3 Å². The lowest BCUT2D eigenvalue weighted by atomic mass is 9.54. The van der Waals surface area contributed by atoms with Gasteiger partial charge in [0.25, 0.3) is 5.91 Å². The van der Waals surface area contributed by atoms with E-state index in [4.69, 9.17) is 5.73 Å². The number of aromatic hydroxyl groups is 1. The number of nitrogens with zero attached hydrogens (tertiary/aromatic N) is 1. The molecule has 0 aliphatic heterocycles. The number of halogens is 6. The van der Waals surface area contributed by atoms with Gasteiger partial charge in [0.15, 0.2) is 11.4 Å². The van der Waals surface area contributed by atoms with Crippen molar-refractivity contribution in [3.63, 3.8) is 0 Å². The first-order valence-electron chi connectivity index (χ1n) is 14.2. The molecule has 0 saturated heterocycles. The summed E-state index contributed by atoms with van der Waals surface area (Å²) in [5.74, 6) is -11.1. The van der Waals surface area contributed by atoms with E-state index in [1.54, 1.807) is 0 Å². The maximum atomic E-state index is 14.1. The third-order valence-electron chi connectivity index (χ3n) is 9.23. The first-order chi connectivity index (χ1) is 22.0. The third kappa shape index (κ3) is 5.05. The topological polar surface area (TPSA) is 182 Å². The Labute approximate surface area is 267 Å². The zero-order valence-corrected chi connectivity index (χ0v) is 25.2. The molecule has 1 fully saturated rings. The van der Waals surface area contributed by atoms with Crippen molar-refractivity contribution < 1.29 is 66.3 Å². The number of carbonyl (C=O) groups is 3. The third-order valence-corrected chi connectivity index (χ3v) is 9.23. The second-order valence-corrected chi connectivity index (χ2v) is 12.2. The highest BCUT2D eigenvalue weighted by Gasteiger charge is 2.68. The Morgan fingerprint density at radius 2 is 1.52 bits per heavy atom. The van der Waals surface area contributed by atoms with Gasteiger partial charge in [0.05, 0.1) is 34.8 Å². The van der Waals surface area contributed by atoms with Crippen molar-refractivity contribution in [2.45, 2.75) is 42.9 Å².